The summed E-state index contributed by atoms with van der Waals surface area (Å²) in [5.74, 6) is 0.366. The predicted molar refractivity (Wildman–Crippen MR) is 61.8 cm³/mol. The minimum absolute atomic E-state index is 0.00169. The molecule has 1 aliphatic rings. The van der Waals surface area contributed by atoms with Gasteiger partial charge < -0.3 is 16.0 Å². The fourth-order valence-electron chi connectivity index (χ4n) is 1.93. The first kappa shape index (κ1) is 13.0. The summed E-state index contributed by atoms with van der Waals surface area (Å²) in [6, 6.07) is 0. The smallest absolute Gasteiger partial charge is 0.239 e. The van der Waals surface area contributed by atoms with Crippen molar-refractivity contribution in [3.63, 3.8) is 0 Å². The SMILES string of the molecule is CCNC(=O)CNC(=O)C1CNCC(C)C1. The summed E-state index contributed by atoms with van der Waals surface area (Å²) >= 11 is 0. The van der Waals surface area contributed by atoms with Gasteiger partial charge in [-0.3, -0.25) is 9.59 Å². The molecule has 5 heteroatoms. The summed E-state index contributed by atoms with van der Waals surface area (Å²) in [5, 5.41) is 8.53. The van der Waals surface area contributed by atoms with Crippen LogP contribution >= 0.6 is 0 Å². The molecule has 0 radical (unpaired) electrons. The van der Waals surface area contributed by atoms with Crippen molar-refractivity contribution in [1.29, 1.82) is 0 Å². The summed E-state index contributed by atoms with van der Waals surface area (Å²) in [7, 11) is 0. The monoisotopic (exact) mass is 227 g/mol. The van der Waals surface area contributed by atoms with E-state index in [-0.39, 0.29) is 24.3 Å². The number of piperidine rings is 1. The van der Waals surface area contributed by atoms with Crippen molar-refractivity contribution in [3.05, 3.63) is 0 Å². The third-order valence-electron chi connectivity index (χ3n) is 2.74. The van der Waals surface area contributed by atoms with Crippen LogP contribution < -0.4 is 16.0 Å². The van der Waals surface area contributed by atoms with Gasteiger partial charge in [0.05, 0.1) is 12.5 Å². The maximum atomic E-state index is 11.7. The third-order valence-corrected chi connectivity index (χ3v) is 2.74. The Kier molecular flexibility index (Phi) is 5.25. The molecule has 2 atom stereocenters. The van der Waals surface area contributed by atoms with Gasteiger partial charge >= 0.3 is 0 Å². The molecule has 0 aromatic heterocycles. The minimum Gasteiger partial charge on any atom is -0.355 e. The second-order valence-electron chi connectivity index (χ2n) is 4.37. The first-order valence-electron chi connectivity index (χ1n) is 5.88. The normalized spacial score (nSPS) is 24.9. The summed E-state index contributed by atoms with van der Waals surface area (Å²) in [6.07, 6.45) is 0.897. The number of nitrogens with one attached hydrogen (secondary N) is 3. The van der Waals surface area contributed by atoms with Crippen LogP contribution in [0.3, 0.4) is 0 Å². The van der Waals surface area contributed by atoms with Crippen LogP contribution in [0.15, 0.2) is 0 Å². The van der Waals surface area contributed by atoms with Gasteiger partial charge in [0.1, 0.15) is 0 Å². The van der Waals surface area contributed by atoms with E-state index in [0.29, 0.717) is 19.0 Å². The molecule has 16 heavy (non-hydrogen) atoms. The van der Waals surface area contributed by atoms with Crippen molar-refractivity contribution < 1.29 is 9.59 Å². The third kappa shape index (κ3) is 4.18. The lowest BCUT2D eigenvalue weighted by atomic mass is 9.91. The number of hydrogen-bond acceptors (Lipinski definition) is 3. The van der Waals surface area contributed by atoms with Gasteiger partial charge in [-0.25, -0.2) is 0 Å². The van der Waals surface area contributed by atoms with Gasteiger partial charge in [0, 0.05) is 13.1 Å². The lowest BCUT2D eigenvalue weighted by Gasteiger charge is -2.26. The average Bonchev–Trinajstić information content (AvgIpc) is 2.26. The molecule has 92 valence electrons. The first-order chi connectivity index (χ1) is 7.63. The highest BCUT2D eigenvalue weighted by atomic mass is 16.2. The standard InChI is InChI=1S/C11H21N3O2/c1-3-13-10(15)7-14-11(16)9-4-8(2)5-12-6-9/h8-9,12H,3-7H2,1-2H3,(H,13,15)(H,14,16). The molecule has 1 fully saturated rings. The topological polar surface area (TPSA) is 70.2 Å². The Bertz CT molecular complexity index is 256. The molecule has 0 saturated carbocycles. The van der Waals surface area contributed by atoms with Gasteiger partial charge in [-0.05, 0) is 25.8 Å². The van der Waals surface area contributed by atoms with E-state index < -0.39 is 0 Å². The molecule has 0 aliphatic carbocycles. The van der Waals surface area contributed by atoms with Crippen molar-refractivity contribution in [2.75, 3.05) is 26.2 Å². The zero-order valence-electron chi connectivity index (χ0n) is 10.0. The molecule has 0 aromatic carbocycles. The van der Waals surface area contributed by atoms with E-state index in [1.165, 1.54) is 0 Å². The molecular formula is C11H21N3O2. The molecule has 3 N–H and O–H groups in total. The molecule has 5 nitrogen and oxygen atoms in total. The van der Waals surface area contributed by atoms with Gasteiger partial charge in [0.2, 0.25) is 11.8 Å². The highest BCUT2D eigenvalue weighted by Crippen LogP contribution is 2.15. The summed E-state index contributed by atoms with van der Waals surface area (Å²) in [5.41, 5.74) is 0. The lowest BCUT2D eigenvalue weighted by molar-refractivity contribution is -0.129. The maximum absolute atomic E-state index is 11.7. The minimum atomic E-state index is -0.132. The fraction of sp³-hybridized carbons (Fsp3) is 0.818. The molecule has 0 spiro atoms. The van der Waals surface area contributed by atoms with Crippen LogP contribution in [0.1, 0.15) is 20.3 Å². The van der Waals surface area contributed by atoms with Gasteiger partial charge in [-0.1, -0.05) is 6.92 Å². The van der Waals surface area contributed by atoms with E-state index in [1.54, 1.807) is 0 Å². The number of rotatable bonds is 4. The second kappa shape index (κ2) is 6.48. The Morgan fingerprint density at radius 2 is 2.06 bits per heavy atom. The Morgan fingerprint density at radius 3 is 2.69 bits per heavy atom. The predicted octanol–water partition coefficient (Wildman–Crippen LogP) is -0.516. The van der Waals surface area contributed by atoms with Gasteiger partial charge in [0.15, 0.2) is 0 Å². The van der Waals surface area contributed by atoms with E-state index in [9.17, 15) is 9.59 Å². The van der Waals surface area contributed by atoms with Crippen LogP contribution in [-0.4, -0.2) is 38.0 Å². The summed E-state index contributed by atoms with van der Waals surface area (Å²) < 4.78 is 0. The largest absolute Gasteiger partial charge is 0.355 e. The maximum Gasteiger partial charge on any atom is 0.239 e. The fourth-order valence-corrected chi connectivity index (χ4v) is 1.93. The van der Waals surface area contributed by atoms with Crippen LogP contribution in [0.5, 0.6) is 0 Å². The molecule has 0 bridgehead atoms. The lowest BCUT2D eigenvalue weighted by Crippen LogP contribution is -2.45. The second-order valence-corrected chi connectivity index (χ2v) is 4.37. The van der Waals surface area contributed by atoms with E-state index in [1.807, 2.05) is 6.92 Å². The quantitative estimate of drug-likeness (QED) is 0.605. The van der Waals surface area contributed by atoms with Crippen LogP contribution in [0, 0.1) is 11.8 Å². The van der Waals surface area contributed by atoms with Crippen LogP contribution in [0.2, 0.25) is 0 Å². The molecule has 1 heterocycles. The average molecular weight is 227 g/mol. The van der Waals surface area contributed by atoms with Crippen molar-refractivity contribution in [2.45, 2.75) is 20.3 Å². The highest BCUT2D eigenvalue weighted by molar-refractivity contribution is 5.85. The molecule has 2 amide bonds. The molecule has 1 aliphatic heterocycles. The van der Waals surface area contributed by atoms with Crippen LogP contribution in [-0.2, 0) is 9.59 Å². The Balaban J connectivity index is 2.26. The van der Waals surface area contributed by atoms with E-state index in [0.717, 1.165) is 13.0 Å². The molecule has 0 aromatic rings. The summed E-state index contributed by atoms with van der Waals surface area (Å²) in [6.45, 7) is 6.34. The zero-order chi connectivity index (χ0) is 12.0. The molecule has 2 unspecified atom stereocenters. The summed E-state index contributed by atoms with van der Waals surface area (Å²) in [4.78, 5) is 22.9. The highest BCUT2D eigenvalue weighted by Gasteiger charge is 2.24. The molecular weight excluding hydrogens is 206 g/mol. The molecule has 1 rings (SSSR count). The number of amides is 2. The van der Waals surface area contributed by atoms with E-state index in [4.69, 9.17) is 0 Å². The van der Waals surface area contributed by atoms with Gasteiger partial charge in [-0.15, -0.1) is 0 Å². The Labute approximate surface area is 96.4 Å². The Morgan fingerprint density at radius 1 is 1.31 bits per heavy atom. The van der Waals surface area contributed by atoms with Crippen molar-refractivity contribution in [2.24, 2.45) is 11.8 Å². The van der Waals surface area contributed by atoms with Crippen molar-refractivity contribution in [3.8, 4) is 0 Å². The number of carbonyl (C=O) groups is 2. The number of hydrogen-bond donors (Lipinski definition) is 3. The van der Waals surface area contributed by atoms with E-state index >= 15 is 0 Å². The van der Waals surface area contributed by atoms with Gasteiger partial charge in [0.25, 0.3) is 0 Å². The number of likely N-dealkylation sites (N-methyl/N-ethyl adjacent to an activating group) is 1. The van der Waals surface area contributed by atoms with Crippen molar-refractivity contribution >= 4 is 11.8 Å². The van der Waals surface area contributed by atoms with Gasteiger partial charge in [-0.2, -0.15) is 0 Å². The van der Waals surface area contributed by atoms with Crippen LogP contribution in [0.25, 0.3) is 0 Å². The number of carbonyl (C=O) groups excluding carboxylic acids is 2. The van der Waals surface area contributed by atoms with Crippen molar-refractivity contribution in [1.82, 2.24) is 16.0 Å². The van der Waals surface area contributed by atoms with E-state index in [2.05, 4.69) is 22.9 Å². The molecule has 1 saturated heterocycles. The Hall–Kier alpha value is -1.10. The zero-order valence-corrected chi connectivity index (χ0v) is 10.0. The first-order valence-corrected chi connectivity index (χ1v) is 5.88. The van der Waals surface area contributed by atoms with Crippen LogP contribution in [0.4, 0.5) is 0 Å².